The molecule has 0 heterocycles. The molecule has 0 unspecified atom stereocenters. The summed E-state index contributed by atoms with van der Waals surface area (Å²) in [5, 5.41) is 0. The number of nitrogens with two attached hydrogens (primary N) is 1. The Morgan fingerprint density at radius 1 is 1.30 bits per heavy atom. The van der Waals surface area contributed by atoms with E-state index in [-0.39, 0.29) is 12.0 Å². The molecule has 0 radical (unpaired) electrons. The third kappa shape index (κ3) is 3.40. The molecule has 0 saturated heterocycles. The lowest BCUT2D eigenvalue weighted by Gasteiger charge is -2.39. The first-order valence-corrected chi connectivity index (χ1v) is 8.03. The number of rotatable bonds is 3. The SMILES string of the molecule is CC(C)C1CCC(N)(Cc2c(F)ccc(Br)c2F)CC1. The molecule has 2 rings (SSSR count). The van der Waals surface area contributed by atoms with E-state index in [1.54, 1.807) is 0 Å². The van der Waals surface area contributed by atoms with Gasteiger partial charge < -0.3 is 5.73 Å². The average molecular weight is 346 g/mol. The zero-order valence-corrected chi connectivity index (χ0v) is 13.6. The standard InChI is InChI=1S/C16H22BrF2N/c1-10(2)11-5-7-16(20,8-6-11)9-12-14(18)4-3-13(17)15(12)19/h3-4,10-11H,5-9,20H2,1-2H3. The molecule has 0 aromatic heterocycles. The van der Waals surface area contributed by atoms with Crippen molar-refractivity contribution in [3.05, 3.63) is 33.8 Å². The normalized spacial score (nSPS) is 27.1. The lowest BCUT2D eigenvalue weighted by molar-refractivity contribution is 0.192. The molecule has 20 heavy (non-hydrogen) atoms. The molecule has 0 aliphatic heterocycles. The minimum atomic E-state index is -0.513. The third-order valence-corrected chi connectivity index (χ3v) is 5.25. The van der Waals surface area contributed by atoms with Crippen LogP contribution >= 0.6 is 15.9 Å². The van der Waals surface area contributed by atoms with Crippen molar-refractivity contribution in [2.24, 2.45) is 17.6 Å². The van der Waals surface area contributed by atoms with Crippen LogP contribution in [0.2, 0.25) is 0 Å². The molecule has 1 aliphatic rings. The zero-order chi connectivity index (χ0) is 14.9. The van der Waals surface area contributed by atoms with Gasteiger partial charge in [0.2, 0.25) is 0 Å². The van der Waals surface area contributed by atoms with Crippen molar-refractivity contribution in [2.75, 3.05) is 0 Å². The van der Waals surface area contributed by atoms with Gasteiger partial charge in [0.05, 0.1) is 4.47 Å². The lowest BCUT2D eigenvalue weighted by Crippen LogP contribution is -2.46. The highest BCUT2D eigenvalue weighted by Crippen LogP contribution is 2.37. The Bertz CT molecular complexity index is 480. The first kappa shape index (κ1) is 15.9. The Labute approximate surface area is 128 Å². The molecular weight excluding hydrogens is 324 g/mol. The largest absolute Gasteiger partial charge is 0.325 e. The maximum Gasteiger partial charge on any atom is 0.143 e. The summed E-state index contributed by atoms with van der Waals surface area (Å²) < 4.78 is 28.2. The maximum atomic E-state index is 14.0. The second-order valence-corrected chi connectivity index (χ2v) is 7.30. The van der Waals surface area contributed by atoms with Crippen LogP contribution in [0.4, 0.5) is 8.78 Å². The first-order valence-electron chi connectivity index (χ1n) is 7.24. The number of benzene rings is 1. The fraction of sp³-hybridized carbons (Fsp3) is 0.625. The van der Waals surface area contributed by atoms with E-state index in [9.17, 15) is 8.78 Å². The molecule has 1 saturated carbocycles. The van der Waals surface area contributed by atoms with Crippen LogP contribution in [0.5, 0.6) is 0 Å². The van der Waals surface area contributed by atoms with Gasteiger partial charge in [0.15, 0.2) is 0 Å². The fourth-order valence-electron chi connectivity index (χ4n) is 3.14. The van der Waals surface area contributed by atoms with Gasteiger partial charge in [-0.1, -0.05) is 13.8 Å². The molecule has 112 valence electrons. The number of halogens is 3. The molecule has 4 heteroatoms. The van der Waals surface area contributed by atoms with Crippen molar-refractivity contribution in [3.63, 3.8) is 0 Å². The van der Waals surface area contributed by atoms with Gasteiger partial charge in [0, 0.05) is 11.1 Å². The summed E-state index contributed by atoms with van der Waals surface area (Å²) in [6, 6.07) is 2.69. The Balaban J connectivity index is 2.13. The van der Waals surface area contributed by atoms with Gasteiger partial charge >= 0.3 is 0 Å². The van der Waals surface area contributed by atoms with Gasteiger partial charge in [0.25, 0.3) is 0 Å². The van der Waals surface area contributed by atoms with Crippen molar-refractivity contribution >= 4 is 15.9 Å². The molecule has 1 aromatic rings. The molecule has 0 atom stereocenters. The quantitative estimate of drug-likeness (QED) is 0.781. The summed E-state index contributed by atoms with van der Waals surface area (Å²) in [4.78, 5) is 0. The van der Waals surface area contributed by atoms with Gasteiger partial charge in [-0.2, -0.15) is 0 Å². The molecule has 2 N–H and O–H groups in total. The van der Waals surface area contributed by atoms with Crippen LogP contribution < -0.4 is 5.73 Å². The smallest absolute Gasteiger partial charge is 0.143 e. The van der Waals surface area contributed by atoms with Crippen molar-refractivity contribution < 1.29 is 8.78 Å². The van der Waals surface area contributed by atoms with Crippen LogP contribution in [0.25, 0.3) is 0 Å². The minimum Gasteiger partial charge on any atom is -0.325 e. The number of hydrogen-bond donors (Lipinski definition) is 1. The Morgan fingerprint density at radius 2 is 1.90 bits per heavy atom. The van der Waals surface area contributed by atoms with Crippen LogP contribution in [-0.4, -0.2) is 5.54 Å². The van der Waals surface area contributed by atoms with Gasteiger partial charge in [-0.05, 0) is 72.0 Å². The summed E-state index contributed by atoms with van der Waals surface area (Å²) in [5.74, 6) is 0.324. The topological polar surface area (TPSA) is 26.0 Å². The second kappa shape index (κ2) is 6.10. The van der Waals surface area contributed by atoms with Crippen LogP contribution in [-0.2, 0) is 6.42 Å². The Hall–Kier alpha value is -0.480. The Morgan fingerprint density at radius 3 is 2.45 bits per heavy atom. The Kier molecular flexibility index (Phi) is 4.85. The molecule has 0 bridgehead atoms. The molecule has 1 fully saturated rings. The van der Waals surface area contributed by atoms with Crippen molar-refractivity contribution in [1.82, 2.24) is 0 Å². The van der Waals surface area contributed by atoms with Crippen molar-refractivity contribution in [1.29, 1.82) is 0 Å². The molecule has 1 nitrogen and oxygen atoms in total. The predicted molar refractivity (Wildman–Crippen MR) is 81.5 cm³/mol. The van der Waals surface area contributed by atoms with Crippen LogP contribution in [0.3, 0.4) is 0 Å². The molecular formula is C16H22BrF2N. The van der Waals surface area contributed by atoms with E-state index < -0.39 is 17.2 Å². The second-order valence-electron chi connectivity index (χ2n) is 6.44. The van der Waals surface area contributed by atoms with Crippen molar-refractivity contribution in [2.45, 2.75) is 51.5 Å². The average Bonchev–Trinajstić information content (AvgIpc) is 2.40. The predicted octanol–water partition coefficient (Wildman–Crippen LogP) is 4.81. The van der Waals surface area contributed by atoms with E-state index in [1.807, 2.05) is 0 Å². The van der Waals surface area contributed by atoms with E-state index in [0.717, 1.165) is 25.7 Å². The van der Waals surface area contributed by atoms with Gasteiger partial charge in [-0.25, -0.2) is 8.78 Å². The van der Waals surface area contributed by atoms with E-state index in [0.29, 0.717) is 16.3 Å². The van der Waals surface area contributed by atoms with E-state index in [1.165, 1.54) is 12.1 Å². The zero-order valence-electron chi connectivity index (χ0n) is 12.1. The third-order valence-electron chi connectivity index (χ3n) is 4.64. The van der Waals surface area contributed by atoms with E-state index >= 15 is 0 Å². The first-order chi connectivity index (χ1) is 9.32. The summed E-state index contributed by atoms with van der Waals surface area (Å²) in [5.41, 5.74) is 6.03. The summed E-state index contributed by atoms with van der Waals surface area (Å²) in [7, 11) is 0. The highest BCUT2D eigenvalue weighted by molar-refractivity contribution is 9.10. The van der Waals surface area contributed by atoms with Crippen LogP contribution in [0, 0.1) is 23.5 Å². The fourth-order valence-corrected chi connectivity index (χ4v) is 3.51. The van der Waals surface area contributed by atoms with Gasteiger partial charge in [0.1, 0.15) is 11.6 Å². The summed E-state index contributed by atoms with van der Waals surface area (Å²) in [6.07, 6.45) is 4.04. The van der Waals surface area contributed by atoms with Gasteiger partial charge in [-0.15, -0.1) is 0 Å². The highest BCUT2D eigenvalue weighted by atomic mass is 79.9. The summed E-state index contributed by atoms with van der Waals surface area (Å²) >= 11 is 3.11. The van der Waals surface area contributed by atoms with Gasteiger partial charge in [-0.3, -0.25) is 0 Å². The van der Waals surface area contributed by atoms with Crippen molar-refractivity contribution in [3.8, 4) is 0 Å². The highest BCUT2D eigenvalue weighted by Gasteiger charge is 2.34. The maximum absolute atomic E-state index is 14.0. The minimum absolute atomic E-state index is 0.116. The molecule has 0 amide bonds. The molecule has 0 spiro atoms. The van der Waals surface area contributed by atoms with E-state index in [2.05, 4.69) is 29.8 Å². The molecule has 1 aromatic carbocycles. The monoisotopic (exact) mass is 345 g/mol. The lowest BCUT2D eigenvalue weighted by atomic mass is 9.71. The van der Waals surface area contributed by atoms with Crippen LogP contribution in [0.1, 0.15) is 45.1 Å². The number of hydrogen-bond acceptors (Lipinski definition) is 1. The van der Waals surface area contributed by atoms with Crippen LogP contribution in [0.15, 0.2) is 16.6 Å². The summed E-state index contributed by atoms with van der Waals surface area (Å²) in [6.45, 7) is 4.45. The van der Waals surface area contributed by atoms with E-state index in [4.69, 9.17) is 5.73 Å². The molecule has 1 aliphatic carbocycles.